The highest BCUT2D eigenvalue weighted by Crippen LogP contribution is 2.38. The number of carbonyl (C=O) groups is 2. The number of azo groups is 1. The number of nitrogens with zero attached hydrogens (tertiary/aromatic N) is 3. The van der Waals surface area contributed by atoms with Crippen LogP contribution in [0.1, 0.15) is 6.92 Å². The maximum Gasteiger partial charge on any atom is 0.326 e. The maximum atomic E-state index is 12.0. The van der Waals surface area contributed by atoms with Crippen molar-refractivity contribution in [2.75, 3.05) is 13.2 Å². The zero-order valence-electron chi connectivity index (χ0n) is 15.5. The van der Waals surface area contributed by atoms with Gasteiger partial charge >= 0.3 is 11.9 Å². The van der Waals surface area contributed by atoms with Gasteiger partial charge < -0.3 is 14.6 Å². The molecular formula is C20H18ClN3O5. The van der Waals surface area contributed by atoms with Crippen LogP contribution in [0.5, 0.6) is 11.6 Å². The first kappa shape index (κ1) is 20.3. The lowest BCUT2D eigenvalue weighted by molar-refractivity contribution is -0.143. The largest absolute Gasteiger partial charge is 0.493 e. The minimum Gasteiger partial charge on any atom is -0.493 e. The van der Waals surface area contributed by atoms with E-state index in [-0.39, 0.29) is 31.3 Å². The van der Waals surface area contributed by atoms with Gasteiger partial charge in [-0.3, -0.25) is 14.2 Å². The Morgan fingerprint density at radius 3 is 2.59 bits per heavy atom. The van der Waals surface area contributed by atoms with Crippen LogP contribution in [0.15, 0.2) is 58.8 Å². The van der Waals surface area contributed by atoms with Gasteiger partial charge in [0, 0.05) is 10.4 Å². The molecule has 3 rings (SSSR count). The summed E-state index contributed by atoms with van der Waals surface area (Å²) < 4.78 is 11.6. The number of hydrogen-bond donors (Lipinski definition) is 1. The van der Waals surface area contributed by atoms with E-state index in [0.29, 0.717) is 21.7 Å². The average Bonchev–Trinajstić information content (AvgIpc) is 2.97. The van der Waals surface area contributed by atoms with Crippen LogP contribution >= 0.6 is 11.6 Å². The normalized spacial score (nSPS) is 11.1. The molecule has 0 radical (unpaired) electrons. The number of carbonyl (C=O) groups excluding carboxylic acids is 2. The molecule has 29 heavy (non-hydrogen) atoms. The molecule has 0 unspecified atom stereocenters. The summed E-state index contributed by atoms with van der Waals surface area (Å²) in [6.45, 7) is 1.41. The number of benzene rings is 2. The fraction of sp³-hybridized carbons (Fsp3) is 0.200. The molecular weight excluding hydrogens is 398 g/mol. The molecule has 0 fully saturated rings. The number of halogens is 1. The van der Waals surface area contributed by atoms with Crippen molar-refractivity contribution in [3.63, 3.8) is 0 Å². The Morgan fingerprint density at radius 2 is 1.86 bits per heavy atom. The van der Waals surface area contributed by atoms with Gasteiger partial charge in [-0.05, 0) is 37.3 Å². The molecule has 0 aliphatic rings. The molecule has 9 heteroatoms. The number of hydrogen-bond acceptors (Lipinski definition) is 6. The van der Waals surface area contributed by atoms with Crippen molar-refractivity contribution in [2.45, 2.75) is 13.5 Å². The van der Waals surface area contributed by atoms with Gasteiger partial charge in [0.2, 0.25) is 5.88 Å². The van der Waals surface area contributed by atoms with Crippen LogP contribution < -0.4 is 4.74 Å². The molecule has 0 bridgehead atoms. The second kappa shape index (κ2) is 9.20. The number of aromatic nitrogens is 1. The number of ether oxygens (including phenoxy) is 2. The van der Waals surface area contributed by atoms with E-state index < -0.39 is 11.9 Å². The summed E-state index contributed by atoms with van der Waals surface area (Å²) in [7, 11) is 0. The summed E-state index contributed by atoms with van der Waals surface area (Å²) in [5.41, 5.74) is 0.654. The van der Waals surface area contributed by atoms with Crippen molar-refractivity contribution < 1.29 is 24.2 Å². The van der Waals surface area contributed by atoms with Crippen molar-refractivity contribution in [3.05, 3.63) is 53.6 Å². The fourth-order valence-corrected chi connectivity index (χ4v) is 2.80. The number of para-hydroxylation sites is 1. The first-order valence-electron chi connectivity index (χ1n) is 8.78. The lowest BCUT2D eigenvalue weighted by atomic mass is 10.2. The van der Waals surface area contributed by atoms with E-state index >= 15 is 0 Å². The number of aromatic hydroxyl groups is 1. The summed E-state index contributed by atoms with van der Waals surface area (Å²) >= 11 is 5.79. The fourth-order valence-electron chi connectivity index (χ4n) is 2.68. The Balaban J connectivity index is 1.78. The molecule has 1 amide bonds. The van der Waals surface area contributed by atoms with E-state index in [2.05, 4.69) is 10.2 Å². The third kappa shape index (κ3) is 4.91. The van der Waals surface area contributed by atoms with Crippen LogP contribution in [0, 0.1) is 0 Å². The van der Waals surface area contributed by atoms with E-state index in [4.69, 9.17) is 21.1 Å². The molecule has 0 saturated carbocycles. The van der Waals surface area contributed by atoms with Crippen LogP contribution in [-0.2, 0) is 20.9 Å². The molecule has 2 aromatic carbocycles. The molecule has 8 nitrogen and oxygen atoms in total. The van der Waals surface area contributed by atoms with Crippen LogP contribution in [-0.4, -0.2) is 34.8 Å². The summed E-state index contributed by atoms with van der Waals surface area (Å²) in [5.74, 6) is -0.956. The molecule has 0 atom stereocenters. The van der Waals surface area contributed by atoms with Crippen LogP contribution in [0.2, 0.25) is 5.02 Å². The Morgan fingerprint density at radius 1 is 1.14 bits per heavy atom. The number of esters is 1. The molecule has 0 spiro atoms. The van der Waals surface area contributed by atoms with E-state index in [1.165, 1.54) is 4.57 Å². The van der Waals surface area contributed by atoms with Gasteiger partial charge in [0.05, 0.1) is 12.1 Å². The van der Waals surface area contributed by atoms with Crippen molar-refractivity contribution in [1.82, 2.24) is 4.57 Å². The van der Waals surface area contributed by atoms with Gasteiger partial charge in [-0.2, -0.15) is 0 Å². The Kier molecular flexibility index (Phi) is 6.46. The van der Waals surface area contributed by atoms with Gasteiger partial charge in [-0.15, -0.1) is 10.2 Å². The van der Waals surface area contributed by atoms with E-state index in [9.17, 15) is 14.7 Å². The minimum absolute atomic E-state index is 0.0877. The first-order valence-corrected chi connectivity index (χ1v) is 9.16. The highest BCUT2D eigenvalue weighted by molar-refractivity contribution is 6.30. The van der Waals surface area contributed by atoms with Crippen molar-refractivity contribution >= 4 is 40.1 Å². The molecule has 1 aromatic heterocycles. The molecule has 1 heterocycles. The van der Waals surface area contributed by atoms with E-state index in [0.717, 1.165) is 0 Å². The Hall–Kier alpha value is -3.39. The predicted molar refractivity (Wildman–Crippen MR) is 107 cm³/mol. The first-order chi connectivity index (χ1) is 14.0. The third-order valence-corrected chi connectivity index (χ3v) is 4.20. The standard InChI is InChI=1S/C20H18ClN3O5/c1-2-28-18(26)11-24-16-6-4-3-5-15(16)19(20(24)27)23-22-17(25)12-29-14-9-7-13(21)8-10-14/h3-10,27H,2,11-12H2,1H3. The topological polar surface area (TPSA) is 102 Å². The van der Waals surface area contributed by atoms with E-state index in [1.54, 1.807) is 55.5 Å². The summed E-state index contributed by atoms with van der Waals surface area (Å²) in [6, 6.07) is 13.5. The summed E-state index contributed by atoms with van der Waals surface area (Å²) in [6.07, 6.45) is 0. The van der Waals surface area contributed by atoms with Gasteiger partial charge in [0.25, 0.3) is 0 Å². The number of rotatable bonds is 7. The Labute approximate surface area is 171 Å². The minimum atomic E-state index is -0.637. The quantitative estimate of drug-likeness (QED) is 0.459. The van der Waals surface area contributed by atoms with Crippen molar-refractivity contribution in [1.29, 1.82) is 0 Å². The second-order valence-corrected chi connectivity index (χ2v) is 6.35. The van der Waals surface area contributed by atoms with Gasteiger partial charge in [0.1, 0.15) is 12.3 Å². The van der Waals surface area contributed by atoms with Crippen LogP contribution in [0.3, 0.4) is 0 Å². The highest BCUT2D eigenvalue weighted by Gasteiger charge is 2.19. The zero-order chi connectivity index (χ0) is 20.8. The molecule has 0 saturated heterocycles. The monoisotopic (exact) mass is 415 g/mol. The Bertz CT molecular complexity index is 1060. The zero-order valence-corrected chi connectivity index (χ0v) is 16.3. The van der Waals surface area contributed by atoms with Crippen LogP contribution in [0.4, 0.5) is 5.69 Å². The molecule has 0 aliphatic heterocycles. The van der Waals surface area contributed by atoms with Crippen molar-refractivity contribution in [2.24, 2.45) is 10.2 Å². The lowest BCUT2D eigenvalue weighted by Gasteiger charge is -2.06. The van der Waals surface area contributed by atoms with Gasteiger partial charge in [0.15, 0.2) is 12.3 Å². The van der Waals surface area contributed by atoms with Gasteiger partial charge in [-0.1, -0.05) is 29.8 Å². The smallest absolute Gasteiger partial charge is 0.326 e. The summed E-state index contributed by atoms with van der Waals surface area (Å²) in [4.78, 5) is 23.8. The van der Waals surface area contributed by atoms with E-state index in [1.807, 2.05) is 0 Å². The van der Waals surface area contributed by atoms with Gasteiger partial charge in [-0.25, -0.2) is 0 Å². The molecule has 3 aromatic rings. The number of amides is 1. The molecule has 150 valence electrons. The lowest BCUT2D eigenvalue weighted by Crippen LogP contribution is -2.12. The maximum absolute atomic E-state index is 12.0. The average molecular weight is 416 g/mol. The van der Waals surface area contributed by atoms with Crippen LogP contribution in [0.25, 0.3) is 10.9 Å². The predicted octanol–water partition coefficient (Wildman–Crippen LogP) is 4.25. The molecule has 0 aliphatic carbocycles. The third-order valence-electron chi connectivity index (χ3n) is 3.95. The number of fused-ring (bicyclic) bond motifs is 1. The summed E-state index contributed by atoms with van der Waals surface area (Å²) in [5, 5.41) is 19.1. The molecule has 1 N–H and O–H groups in total. The second-order valence-electron chi connectivity index (χ2n) is 5.92. The SMILES string of the molecule is CCOC(=O)Cn1c(O)c(N=NC(=O)COc2ccc(Cl)cc2)c2ccccc21. The highest BCUT2D eigenvalue weighted by atomic mass is 35.5. The van der Waals surface area contributed by atoms with Crippen molar-refractivity contribution in [3.8, 4) is 11.6 Å².